The molecule has 1 aliphatic rings. The molecule has 1 fully saturated rings. The number of thioether (sulfide) groups is 1. The molecule has 1 aromatic carbocycles. The van der Waals surface area contributed by atoms with Crippen LogP contribution < -0.4 is 10.6 Å². The second kappa shape index (κ2) is 5.25. The molecule has 0 bridgehead atoms. The van der Waals surface area contributed by atoms with Crippen molar-refractivity contribution in [3.05, 3.63) is 28.8 Å². The Hall–Kier alpha value is -0.450. The fourth-order valence-corrected chi connectivity index (χ4v) is 3.27. The third-order valence-corrected chi connectivity index (χ3v) is 4.05. The Morgan fingerprint density at radius 3 is 2.69 bits per heavy atom. The fourth-order valence-electron chi connectivity index (χ4n) is 1.82. The van der Waals surface area contributed by atoms with E-state index in [2.05, 4.69) is 4.90 Å². The van der Waals surface area contributed by atoms with Gasteiger partial charge >= 0.3 is 0 Å². The number of thiocarbonyl (C=S) groups is 1. The lowest BCUT2D eigenvalue weighted by molar-refractivity contribution is 0.858. The highest BCUT2D eigenvalue weighted by molar-refractivity contribution is 7.99. The summed E-state index contributed by atoms with van der Waals surface area (Å²) in [5.74, 6) is 2.28. The highest BCUT2D eigenvalue weighted by Gasteiger charge is 2.17. The first-order chi connectivity index (χ1) is 7.70. The molecule has 2 rings (SSSR count). The van der Waals surface area contributed by atoms with Gasteiger partial charge < -0.3 is 10.6 Å². The van der Waals surface area contributed by atoms with Crippen molar-refractivity contribution >= 4 is 46.3 Å². The summed E-state index contributed by atoms with van der Waals surface area (Å²) in [6.07, 6.45) is 0. The van der Waals surface area contributed by atoms with E-state index in [4.69, 9.17) is 29.6 Å². The van der Waals surface area contributed by atoms with Gasteiger partial charge in [0.1, 0.15) is 4.99 Å². The number of rotatable bonds is 2. The first-order valence-electron chi connectivity index (χ1n) is 5.11. The van der Waals surface area contributed by atoms with Gasteiger partial charge in [-0.05, 0) is 12.1 Å². The normalized spacial score (nSPS) is 16.2. The fraction of sp³-hybridized carbons (Fsp3) is 0.364. The molecule has 2 N–H and O–H groups in total. The molecule has 0 amide bonds. The summed E-state index contributed by atoms with van der Waals surface area (Å²) in [4.78, 5) is 2.68. The summed E-state index contributed by atoms with van der Waals surface area (Å²) in [7, 11) is 0. The van der Waals surface area contributed by atoms with Gasteiger partial charge in [0.25, 0.3) is 0 Å². The van der Waals surface area contributed by atoms with Crippen LogP contribution in [0.5, 0.6) is 0 Å². The summed E-state index contributed by atoms with van der Waals surface area (Å²) in [5, 5.41) is 0.642. The molecule has 86 valence electrons. The molecule has 0 aliphatic carbocycles. The summed E-state index contributed by atoms with van der Waals surface area (Å²) in [5.41, 5.74) is 7.62. The second-order valence-electron chi connectivity index (χ2n) is 3.60. The molecular weight excluding hydrogens is 260 g/mol. The third kappa shape index (κ3) is 2.44. The van der Waals surface area contributed by atoms with Gasteiger partial charge in [-0.2, -0.15) is 11.8 Å². The van der Waals surface area contributed by atoms with E-state index in [-0.39, 0.29) is 0 Å². The highest BCUT2D eigenvalue weighted by atomic mass is 35.5. The van der Waals surface area contributed by atoms with Crippen LogP contribution in [-0.2, 0) is 0 Å². The Balaban J connectivity index is 2.38. The maximum Gasteiger partial charge on any atom is 0.107 e. The summed E-state index contributed by atoms with van der Waals surface area (Å²) < 4.78 is 0. The van der Waals surface area contributed by atoms with Gasteiger partial charge in [-0.3, -0.25) is 0 Å². The molecule has 5 heteroatoms. The van der Waals surface area contributed by atoms with E-state index in [1.165, 1.54) is 0 Å². The quantitative estimate of drug-likeness (QED) is 0.838. The van der Waals surface area contributed by atoms with Crippen molar-refractivity contribution in [2.75, 3.05) is 29.5 Å². The number of nitrogens with two attached hydrogens (primary N) is 1. The average molecular weight is 273 g/mol. The molecule has 1 heterocycles. The first kappa shape index (κ1) is 12.0. The molecule has 1 aromatic rings. The molecule has 0 saturated carbocycles. The van der Waals surface area contributed by atoms with Crippen LogP contribution >= 0.6 is 35.6 Å². The van der Waals surface area contributed by atoms with Gasteiger partial charge in [0.05, 0.1) is 10.6 Å². The lowest BCUT2D eigenvalue weighted by Gasteiger charge is -2.30. The zero-order chi connectivity index (χ0) is 11.5. The van der Waals surface area contributed by atoms with Crippen molar-refractivity contribution in [3.8, 4) is 0 Å². The number of nitrogens with zero attached hydrogens (tertiary/aromatic N) is 1. The summed E-state index contributed by atoms with van der Waals surface area (Å²) in [6.45, 7) is 2.06. The number of benzene rings is 1. The van der Waals surface area contributed by atoms with E-state index >= 15 is 0 Å². The zero-order valence-corrected chi connectivity index (χ0v) is 11.2. The Morgan fingerprint density at radius 2 is 2.06 bits per heavy atom. The first-order valence-corrected chi connectivity index (χ1v) is 7.05. The van der Waals surface area contributed by atoms with Crippen molar-refractivity contribution in [3.63, 3.8) is 0 Å². The minimum absolute atomic E-state index is 0.374. The van der Waals surface area contributed by atoms with Crippen LogP contribution in [0.2, 0.25) is 5.02 Å². The summed E-state index contributed by atoms with van der Waals surface area (Å²) >= 11 is 13.2. The Labute approximate surface area is 110 Å². The predicted molar refractivity (Wildman–Crippen MR) is 76.9 cm³/mol. The maximum absolute atomic E-state index is 6.14. The van der Waals surface area contributed by atoms with Crippen LogP contribution in [0.1, 0.15) is 5.56 Å². The smallest absolute Gasteiger partial charge is 0.107 e. The van der Waals surface area contributed by atoms with E-state index in [0.29, 0.717) is 10.0 Å². The largest absolute Gasteiger partial charge is 0.389 e. The molecular formula is C11H13ClN2S2. The van der Waals surface area contributed by atoms with Gasteiger partial charge in [-0.15, -0.1) is 0 Å². The topological polar surface area (TPSA) is 29.3 Å². The van der Waals surface area contributed by atoms with Crippen molar-refractivity contribution < 1.29 is 0 Å². The van der Waals surface area contributed by atoms with Crippen molar-refractivity contribution in [2.45, 2.75) is 0 Å². The maximum atomic E-state index is 6.14. The van der Waals surface area contributed by atoms with E-state index in [1.807, 2.05) is 30.0 Å². The number of halogens is 1. The van der Waals surface area contributed by atoms with Gasteiger partial charge in [-0.1, -0.05) is 29.9 Å². The minimum atomic E-state index is 0.374. The van der Waals surface area contributed by atoms with Crippen molar-refractivity contribution in [2.24, 2.45) is 5.73 Å². The molecule has 0 aromatic heterocycles. The van der Waals surface area contributed by atoms with E-state index in [0.717, 1.165) is 35.8 Å². The van der Waals surface area contributed by atoms with E-state index in [1.54, 1.807) is 0 Å². The van der Waals surface area contributed by atoms with Crippen LogP contribution in [0.15, 0.2) is 18.2 Å². The molecule has 2 nitrogen and oxygen atoms in total. The predicted octanol–water partition coefficient (Wildman–Crippen LogP) is 2.53. The number of anilines is 1. The lowest BCUT2D eigenvalue weighted by atomic mass is 10.1. The van der Waals surface area contributed by atoms with E-state index in [9.17, 15) is 0 Å². The second-order valence-corrected chi connectivity index (χ2v) is 5.67. The molecule has 16 heavy (non-hydrogen) atoms. The standard InChI is InChI=1S/C11H13ClN2S2/c12-8-2-1-3-9(10(8)11(13)15)14-4-6-16-7-5-14/h1-3H,4-7H2,(H2,13,15). The third-order valence-electron chi connectivity index (χ3n) is 2.59. The Kier molecular flexibility index (Phi) is 3.95. The Bertz CT molecular complexity index is 403. The monoisotopic (exact) mass is 272 g/mol. The van der Waals surface area contributed by atoms with Gasteiger partial charge in [-0.25, -0.2) is 0 Å². The highest BCUT2D eigenvalue weighted by Crippen LogP contribution is 2.29. The molecule has 0 unspecified atom stereocenters. The van der Waals surface area contributed by atoms with Crippen LogP contribution in [0.3, 0.4) is 0 Å². The molecule has 0 atom stereocenters. The van der Waals surface area contributed by atoms with Crippen LogP contribution in [0.4, 0.5) is 5.69 Å². The lowest BCUT2D eigenvalue weighted by Crippen LogP contribution is -2.34. The average Bonchev–Trinajstić information content (AvgIpc) is 2.29. The van der Waals surface area contributed by atoms with Gasteiger partial charge in [0.15, 0.2) is 0 Å². The zero-order valence-electron chi connectivity index (χ0n) is 8.78. The number of hydrogen-bond donors (Lipinski definition) is 1. The van der Waals surface area contributed by atoms with Crippen LogP contribution in [0.25, 0.3) is 0 Å². The van der Waals surface area contributed by atoms with Crippen LogP contribution in [0, 0.1) is 0 Å². The summed E-state index contributed by atoms with van der Waals surface area (Å²) in [6, 6.07) is 5.82. The van der Waals surface area contributed by atoms with E-state index < -0.39 is 0 Å². The minimum Gasteiger partial charge on any atom is -0.389 e. The molecule has 0 radical (unpaired) electrons. The van der Waals surface area contributed by atoms with Gasteiger partial charge in [0.2, 0.25) is 0 Å². The molecule has 1 aliphatic heterocycles. The SMILES string of the molecule is NC(=S)c1c(Cl)cccc1N1CCSCC1. The number of hydrogen-bond acceptors (Lipinski definition) is 3. The van der Waals surface area contributed by atoms with Crippen molar-refractivity contribution in [1.82, 2.24) is 0 Å². The van der Waals surface area contributed by atoms with Gasteiger partial charge in [0, 0.05) is 30.3 Å². The van der Waals surface area contributed by atoms with Crippen molar-refractivity contribution in [1.29, 1.82) is 0 Å². The molecule has 0 spiro atoms. The van der Waals surface area contributed by atoms with Crippen LogP contribution in [-0.4, -0.2) is 29.6 Å². The Morgan fingerprint density at radius 1 is 1.38 bits per heavy atom. The molecule has 1 saturated heterocycles.